The number of piperazine rings is 1. The third-order valence-corrected chi connectivity index (χ3v) is 4.61. The van der Waals surface area contributed by atoms with Gasteiger partial charge in [0.25, 0.3) is 5.91 Å². The SMILES string of the molecule is Cc1cc(CN2CCN(C(=O)c3cncn3-c3ccccc3)CC2)no1. The zero-order chi connectivity index (χ0) is 17.9. The van der Waals surface area contributed by atoms with Crippen LogP contribution in [0.3, 0.4) is 0 Å². The highest BCUT2D eigenvalue weighted by atomic mass is 16.5. The average molecular weight is 351 g/mol. The van der Waals surface area contributed by atoms with Crippen LogP contribution in [0.2, 0.25) is 0 Å². The predicted molar refractivity (Wildman–Crippen MR) is 96.0 cm³/mol. The Morgan fingerprint density at radius 2 is 1.92 bits per heavy atom. The molecule has 7 nitrogen and oxygen atoms in total. The fourth-order valence-corrected chi connectivity index (χ4v) is 3.24. The van der Waals surface area contributed by atoms with Gasteiger partial charge in [-0.05, 0) is 19.1 Å². The summed E-state index contributed by atoms with van der Waals surface area (Å²) < 4.78 is 6.96. The van der Waals surface area contributed by atoms with Gasteiger partial charge in [0, 0.05) is 44.5 Å². The highest BCUT2D eigenvalue weighted by Crippen LogP contribution is 2.15. The number of hydrogen-bond donors (Lipinski definition) is 0. The second-order valence-corrected chi connectivity index (χ2v) is 6.48. The van der Waals surface area contributed by atoms with Crippen molar-refractivity contribution in [3.63, 3.8) is 0 Å². The van der Waals surface area contributed by atoms with E-state index in [4.69, 9.17) is 4.52 Å². The first-order valence-electron chi connectivity index (χ1n) is 8.72. The van der Waals surface area contributed by atoms with Crippen LogP contribution in [0.25, 0.3) is 5.69 Å². The summed E-state index contributed by atoms with van der Waals surface area (Å²) in [6, 6.07) is 11.8. The maximum atomic E-state index is 12.9. The van der Waals surface area contributed by atoms with Crippen LogP contribution in [-0.4, -0.2) is 56.6 Å². The van der Waals surface area contributed by atoms with Crippen LogP contribution < -0.4 is 0 Å². The molecule has 1 aliphatic rings. The Balaban J connectivity index is 1.41. The topological polar surface area (TPSA) is 67.4 Å². The summed E-state index contributed by atoms with van der Waals surface area (Å²) in [4.78, 5) is 21.3. The molecule has 7 heteroatoms. The van der Waals surface area contributed by atoms with Crippen molar-refractivity contribution in [1.82, 2.24) is 24.5 Å². The van der Waals surface area contributed by atoms with Gasteiger partial charge in [0.05, 0.1) is 18.2 Å². The molecule has 2 aromatic heterocycles. The van der Waals surface area contributed by atoms with Crippen molar-refractivity contribution in [2.45, 2.75) is 13.5 Å². The molecular weight excluding hydrogens is 330 g/mol. The predicted octanol–water partition coefficient (Wildman–Crippen LogP) is 2.13. The Morgan fingerprint density at radius 3 is 2.62 bits per heavy atom. The Labute approximate surface area is 151 Å². The monoisotopic (exact) mass is 351 g/mol. The molecule has 0 atom stereocenters. The van der Waals surface area contributed by atoms with Gasteiger partial charge in [-0.25, -0.2) is 4.98 Å². The first-order valence-corrected chi connectivity index (χ1v) is 8.72. The number of amides is 1. The molecule has 1 saturated heterocycles. The summed E-state index contributed by atoms with van der Waals surface area (Å²) in [5.74, 6) is 0.839. The summed E-state index contributed by atoms with van der Waals surface area (Å²) in [5.41, 5.74) is 2.47. The number of carbonyl (C=O) groups excluding carboxylic acids is 1. The zero-order valence-corrected chi connectivity index (χ0v) is 14.7. The number of hydrogen-bond acceptors (Lipinski definition) is 5. The molecule has 134 valence electrons. The van der Waals surface area contributed by atoms with Crippen LogP contribution in [0.15, 0.2) is 53.4 Å². The maximum Gasteiger partial charge on any atom is 0.272 e. The van der Waals surface area contributed by atoms with Gasteiger partial charge in [0.1, 0.15) is 11.5 Å². The van der Waals surface area contributed by atoms with E-state index in [-0.39, 0.29) is 5.91 Å². The number of aromatic nitrogens is 3. The molecule has 1 aromatic carbocycles. The van der Waals surface area contributed by atoms with E-state index in [1.54, 1.807) is 12.5 Å². The molecule has 1 amide bonds. The third-order valence-electron chi connectivity index (χ3n) is 4.61. The van der Waals surface area contributed by atoms with Crippen LogP contribution in [-0.2, 0) is 6.54 Å². The van der Waals surface area contributed by atoms with Crippen LogP contribution in [0.4, 0.5) is 0 Å². The Kier molecular flexibility index (Phi) is 4.53. The second kappa shape index (κ2) is 7.13. The summed E-state index contributed by atoms with van der Waals surface area (Å²) in [7, 11) is 0. The standard InChI is InChI=1S/C19H21N5O2/c1-15-11-16(21-26-15)13-22-7-9-23(10-8-22)19(25)18-12-20-14-24(18)17-5-3-2-4-6-17/h2-6,11-12,14H,7-10,13H2,1H3. The van der Waals surface area contributed by atoms with E-state index >= 15 is 0 Å². The lowest BCUT2D eigenvalue weighted by atomic mass is 10.2. The van der Waals surface area contributed by atoms with Crippen molar-refractivity contribution in [2.75, 3.05) is 26.2 Å². The largest absolute Gasteiger partial charge is 0.361 e. The number of carbonyl (C=O) groups is 1. The van der Waals surface area contributed by atoms with Gasteiger partial charge >= 0.3 is 0 Å². The molecule has 1 fully saturated rings. The van der Waals surface area contributed by atoms with Crippen molar-refractivity contribution >= 4 is 5.91 Å². The van der Waals surface area contributed by atoms with Gasteiger partial charge in [-0.3, -0.25) is 14.3 Å². The van der Waals surface area contributed by atoms with Gasteiger partial charge in [-0.1, -0.05) is 23.4 Å². The third kappa shape index (κ3) is 3.39. The number of rotatable bonds is 4. The molecule has 0 radical (unpaired) electrons. The summed E-state index contributed by atoms with van der Waals surface area (Å²) >= 11 is 0. The minimum Gasteiger partial charge on any atom is -0.361 e. The normalized spacial score (nSPS) is 15.3. The lowest BCUT2D eigenvalue weighted by Gasteiger charge is -2.34. The molecule has 0 aliphatic carbocycles. The molecule has 1 aliphatic heterocycles. The fourth-order valence-electron chi connectivity index (χ4n) is 3.24. The van der Waals surface area contributed by atoms with Crippen molar-refractivity contribution in [3.8, 4) is 5.69 Å². The molecule has 0 spiro atoms. The maximum absolute atomic E-state index is 12.9. The van der Waals surface area contributed by atoms with Crippen molar-refractivity contribution in [1.29, 1.82) is 0 Å². The molecule has 0 unspecified atom stereocenters. The van der Waals surface area contributed by atoms with Gasteiger partial charge < -0.3 is 9.42 Å². The van der Waals surface area contributed by atoms with E-state index in [9.17, 15) is 4.79 Å². The minimum absolute atomic E-state index is 0.0169. The average Bonchev–Trinajstić information content (AvgIpc) is 3.32. The van der Waals surface area contributed by atoms with Crippen LogP contribution >= 0.6 is 0 Å². The molecule has 4 rings (SSSR count). The highest BCUT2D eigenvalue weighted by molar-refractivity contribution is 5.93. The Morgan fingerprint density at radius 1 is 1.15 bits per heavy atom. The molecule has 3 aromatic rings. The number of nitrogens with zero attached hydrogens (tertiary/aromatic N) is 5. The van der Waals surface area contributed by atoms with Gasteiger partial charge in [-0.15, -0.1) is 0 Å². The molecule has 3 heterocycles. The Hall–Kier alpha value is -2.93. The molecule has 0 bridgehead atoms. The highest BCUT2D eigenvalue weighted by Gasteiger charge is 2.25. The summed E-state index contributed by atoms with van der Waals surface area (Å²) in [5, 5.41) is 4.04. The van der Waals surface area contributed by atoms with Crippen LogP contribution in [0, 0.1) is 6.92 Å². The van der Waals surface area contributed by atoms with Gasteiger partial charge in [-0.2, -0.15) is 0 Å². The van der Waals surface area contributed by atoms with E-state index < -0.39 is 0 Å². The van der Waals surface area contributed by atoms with E-state index in [2.05, 4.69) is 15.0 Å². The van der Waals surface area contributed by atoms with Crippen molar-refractivity contribution in [3.05, 3.63) is 66.1 Å². The smallest absolute Gasteiger partial charge is 0.272 e. The number of para-hydroxylation sites is 1. The quantitative estimate of drug-likeness (QED) is 0.720. The molecule has 26 heavy (non-hydrogen) atoms. The van der Waals surface area contributed by atoms with Gasteiger partial charge in [0.2, 0.25) is 0 Å². The zero-order valence-electron chi connectivity index (χ0n) is 14.7. The fraction of sp³-hybridized carbons (Fsp3) is 0.316. The number of benzene rings is 1. The van der Waals surface area contributed by atoms with Crippen molar-refractivity contribution < 1.29 is 9.32 Å². The first-order chi connectivity index (χ1) is 12.7. The number of aryl methyl sites for hydroxylation is 1. The summed E-state index contributed by atoms with van der Waals surface area (Å²) in [6.07, 6.45) is 3.33. The lowest BCUT2D eigenvalue weighted by molar-refractivity contribution is 0.0618. The molecule has 0 N–H and O–H groups in total. The van der Waals surface area contributed by atoms with Gasteiger partial charge in [0.15, 0.2) is 0 Å². The van der Waals surface area contributed by atoms with E-state index in [1.165, 1.54) is 0 Å². The van der Waals surface area contributed by atoms with E-state index in [1.807, 2.05) is 52.8 Å². The minimum atomic E-state index is 0.0169. The van der Waals surface area contributed by atoms with E-state index in [0.29, 0.717) is 18.8 Å². The first kappa shape index (κ1) is 16.5. The molecular formula is C19H21N5O2. The van der Waals surface area contributed by atoms with E-state index in [0.717, 1.165) is 36.8 Å². The van der Waals surface area contributed by atoms with Crippen LogP contribution in [0.5, 0.6) is 0 Å². The Bertz CT molecular complexity index is 878. The second-order valence-electron chi connectivity index (χ2n) is 6.48. The van der Waals surface area contributed by atoms with Crippen LogP contribution in [0.1, 0.15) is 21.9 Å². The van der Waals surface area contributed by atoms with Crippen molar-refractivity contribution in [2.24, 2.45) is 0 Å². The molecule has 0 saturated carbocycles. The summed E-state index contributed by atoms with van der Waals surface area (Å²) in [6.45, 7) is 5.66. The lowest BCUT2D eigenvalue weighted by Crippen LogP contribution is -2.48. The number of imidazole rings is 1.